The van der Waals surface area contributed by atoms with E-state index in [1.807, 2.05) is 41.6 Å². The fraction of sp³-hybridized carbons (Fsp3) is 0.400. The summed E-state index contributed by atoms with van der Waals surface area (Å²) in [6.07, 6.45) is 8.01. The molecule has 7 heterocycles. The average Bonchev–Trinajstić information content (AvgIpc) is 3.75. The highest BCUT2D eigenvalue weighted by Crippen LogP contribution is 2.47. The number of nitrogens with one attached hydrogen (secondary N) is 1. The second-order valence-corrected chi connectivity index (χ2v) is 17.0. The SMILES string of the molecule is O=C1CCC(N2C(=O)c3cc4c(cc3C2=O)CN(CC(=O)N2CCC3(CC2)CCN(c2ncc([C@@H]5c6ccc(O)cc6OC[C@@H]5c5ccccc5)cn2)CC3)C4)C(=O)N1. The first-order chi connectivity index (χ1) is 28.6. The molecule has 3 fully saturated rings. The monoisotopic (exact) mass is 795 g/mol. The number of phenols is 1. The number of imide groups is 2. The van der Waals surface area contributed by atoms with Gasteiger partial charge >= 0.3 is 0 Å². The van der Waals surface area contributed by atoms with Crippen LogP contribution >= 0.6 is 0 Å². The maximum Gasteiger partial charge on any atom is 0.262 e. The number of benzene rings is 3. The van der Waals surface area contributed by atoms with Crippen molar-refractivity contribution in [3.05, 3.63) is 112 Å². The number of rotatable bonds is 6. The number of fused-ring (bicyclic) bond motifs is 3. The Morgan fingerprint density at radius 3 is 2.15 bits per heavy atom. The summed E-state index contributed by atoms with van der Waals surface area (Å²) in [5, 5.41) is 12.4. The summed E-state index contributed by atoms with van der Waals surface area (Å²) in [5.41, 5.74) is 5.71. The zero-order valence-electron chi connectivity index (χ0n) is 32.6. The Hall–Kier alpha value is -6.15. The third kappa shape index (κ3) is 6.68. The number of hydrogen-bond donors (Lipinski definition) is 2. The predicted molar refractivity (Wildman–Crippen MR) is 214 cm³/mol. The molecule has 302 valence electrons. The van der Waals surface area contributed by atoms with Crippen LogP contribution in [0.5, 0.6) is 11.5 Å². The van der Waals surface area contributed by atoms with Crippen molar-refractivity contribution >= 4 is 35.5 Å². The lowest BCUT2D eigenvalue weighted by atomic mass is 9.71. The minimum atomic E-state index is -0.999. The summed E-state index contributed by atoms with van der Waals surface area (Å²) in [6.45, 7) is 4.86. The van der Waals surface area contributed by atoms with Gasteiger partial charge in [0.2, 0.25) is 23.7 Å². The standard InChI is InChI=1S/C45H45N7O7/c53-31-6-7-32-37(20-31)59-26-35(27-4-2-1-3-5-27)40(32)30-21-46-44(47-22-30)51-16-12-45(13-17-51)10-14-50(15-11-45)39(55)25-49-23-28-18-33-34(19-29(28)24-49)43(58)52(42(33)57)36-8-9-38(54)48-41(36)56/h1-7,18-22,35-36,40,53H,8-17,23-26H2,(H,48,54,56)/t35-,36?,40-/m1/s1. The number of aromatic nitrogens is 2. The second kappa shape index (κ2) is 14.6. The summed E-state index contributed by atoms with van der Waals surface area (Å²) in [6, 6.07) is 18.1. The molecule has 0 bridgehead atoms. The number of amides is 5. The second-order valence-electron chi connectivity index (χ2n) is 17.0. The van der Waals surface area contributed by atoms with Crippen LogP contribution in [-0.2, 0) is 27.5 Å². The number of anilines is 1. The van der Waals surface area contributed by atoms with Gasteiger partial charge in [-0.05, 0) is 78.0 Å². The van der Waals surface area contributed by atoms with E-state index in [1.54, 1.807) is 24.3 Å². The molecule has 14 nitrogen and oxygen atoms in total. The van der Waals surface area contributed by atoms with Gasteiger partial charge < -0.3 is 19.6 Å². The maximum atomic E-state index is 13.6. The number of nitrogens with zero attached hydrogens (tertiary/aromatic N) is 6. The number of carbonyl (C=O) groups excluding carboxylic acids is 5. The van der Waals surface area contributed by atoms with Crippen LogP contribution in [0, 0.1) is 5.41 Å². The minimum absolute atomic E-state index is 0.0221. The number of likely N-dealkylation sites (tertiary alicyclic amines) is 1. The van der Waals surface area contributed by atoms with E-state index in [9.17, 15) is 29.1 Å². The Morgan fingerprint density at radius 2 is 1.49 bits per heavy atom. The highest BCUT2D eigenvalue weighted by atomic mass is 16.5. The lowest BCUT2D eigenvalue weighted by Crippen LogP contribution is -2.54. The van der Waals surface area contributed by atoms with Crippen molar-refractivity contribution in [2.45, 2.75) is 69.5 Å². The van der Waals surface area contributed by atoms with Gasteiger partial charge in [0.05, 0.1) is 24.3 Å². The number of ether oxygens (including phenoxy) is 1. The van der Waals surface area contributed by atoms with Crippen LogP contribution < -0.4 is 15.0 Å². The summed E-state index contributed by atoms with van der Waals surface area (Å²) in [5.74, 6) is -0.355. The first kappa shape index (κ1) is 37.1. The van der Waals surface area contributed by atoms with Crippen molar-refractivity contribution in [2.75, 3.05) is 44.2 Å². The topological polar surface area (TPSA) is 166 Å². The molecule has 3 atom stereocenters. The predicted octanol–water partition coefficient (Wildman–Crippen LogP) is 4.12. The number of phenolic OH excluding ortho intramolecular Hbond substituents is 1. The van der Waals surface area contributed by atoms with E-state index in [4.69, 9.17) is 14.7 Å². The van der Waals surface area contributed by atoms with E-state index >= 15 is 0 Å². The van der Waals surface area contributed by atoms with E-state index in [0.29, 0.717) is 38.5 Å². The van der Waals surface area contributed by atoms with Gasteiger partial charge in [0, 0.05) is 81.5 Å². The van der Waals surface area contributed by atoms with E-state index in [-0.39, 0.29) is 59.4 Å². The zero-order valence-corrected chi connectivity index (χ0v) is 32.6. The highest BCUT2D eigenvalue weighted by molar-refractivity contribution is 6.23. The Balaban J connectivity index is 0.732. The normalized spacial score (nSPS) is 23.8. The number of aromatic hydroxyl groups is 1. The molecular formula is C45H45N7O7. The van der Waals surface area contributed by atoms with Crippen molar-refractivity contribution in [3.63, 3.8) is 0 Å². The van der Waals surface area contributed by atoms with E-state index < -0.39 is 29.7 Å². The average molecular weight is 796 g/mol. The first-order valence-corrected chi connectivity index (χ1v) is 20.6. The molecule has 6 aliphatic heterocycles. The van der Waals surface area contributed by atoms with Gasteiger partial charge in [-0.3, -0.25) is 39.1 Å². The molecule has 0 radical (unpaired) electrons. The summed E-state index contributed by atoms with van der Waals surface area (Å²) < 4.78 is 6.13. The van der Waals surface area contributed by atoms with Crippen LogP contribution in [0.2, 0.25) is 0 Å². The lowest BCUT2D eigenvalue weighted by molar-refractivity contribution is -0.137. The van der Waals surface area contributed by atoms with Crippen molar-refractivity contribution in [2.24, 2.45) is 5.41 Å². The van der Waals surface area contributed by atoms with Crippen LogP contribution in [0.1, 0.15) is 98.9 Å². The van der Waals surface area contributed by atoms with Crippen molar-refractivity contribution in [1.82, 2.24) is 30.0 Å². The smallest absolute Gasteiger partial charge is 0.262 e. The van der Waals surface area contributed by atoms with E-state index in [1.165, 1.54) is 5.56 Å². The third-order valence-electron chi connectivity index (χ3n) is 13.6. The molecule has 1 aromatic heterocycles. The van der Waals surface area contributed by atoms with Crippen LogP contribution in [-0.4, -0.2) is 105 Å². The van der Waals surface area contributed by atoms with Gasteiger partial charge in [-0.15, -0.1) is 0 Å². The van der Waals surface area contributed by atoms with Crippen molar-refractivity contribution in [1.29, 1.82) is 0 Å². The van der Waals surface area contributed by atoms with Gasteiger partial charge in [0.25, 0.3) is 11.8 Å². The van der Waals surface area contributed by atoms with Gasteiger partial charge in [0.15, 0.2) is 0 Å². The molecule has 1 unspecified atom stereocenters. The van der Waals surface area contributed by atoms with Gasteiger partial charge in [-0.25, -0.2) is 9.97 Å². The van der Waals surface area contributed by atoms with Crippen LogP contribution in [0.15, 0.2) is 73.1 Å². The Bertz CT molecular complexity index is 2320. The van der Waals surface area contributed by atoms with Crippen LogP contribution in [0.3, 0.4) is 0 Å². The maximum absolute atomic E-state index is 13.6. The Kier molecular flexibility index (Phi) is 9.19. The number of piperidine rings is 3. The van der Waals surface area contributed by atoms with Gasteiger partial charge in [0.1, 0.15) is 17.5 Å². The molecule has 59 heavy (non-hydrogen) atoms. The molecule has 4 aromatic rings. The summed E-state index contributed by atoms with van der Waals surface area (Å²) in [4.78, 5) is 81.4. The first-order valence-electron chi connectivity index (χ1n) is 20.6. The van der Waals surface area contributed by atoms with Crippen molar-refractivity contribution in [3.8, 4) is 11.5 Å². The molecule has 2 N–H and O–H groups in total. The summed E-state index contributed by atoms with van der Waals surface area (Å²) in [7, 11) is 0. The molecule has 5 amide bonds. The lowest BCUT2D eigenvalue weighted by Gasteiger charge is -2.47. The van der Waals surface area contributed by atoms with Crippen LogP contribution in [0.25, 0.3) is 0 Å². The Morgan fingerprint density at radius 1 is 0.831 bits per heavy atom. The zero-order chi connectivity index (χ0) is 40.4. The number of carbonyl (C=O) groups is 5. The molecule has 6 aliphatic rings. The molecule has 0 aliphatic carbocycles. The molecule has 3 aromatic carbocycles. The minimum Gasteiger partial charge on any atom is -0.508 e. The van der Waals surface area contributed by atoms with Crippen LogP contribution in [0.4, 0.5) is 5.95 Å². The van der Waals surface area contributed by atoms with Gasteiger partial charge in [-0.1, -0.05) is 36.4 Å². The number of hydrogen-bond acceptors (Lipinski definition) is 11. The largest absolute Gasteiger partial charge is 0.508 e. The highest BCUT2D eigenvalue weighted by Gasteiger charge is 2.46. The van der Waals surface area contributed by atoms with E-state index in [0.717, 1.165) is 71.9 Å². The van der Waals surface area contributed by atoms with Gasteiger partial charge in [-0.2, -0.15) is 0 Å². The van der Waals surface area contributed by atoms with Crippen molar-refractivity contribution < 1.29 is 33.8 Å². The molecule has 14 heteroatoms. The molecule has 10 rings (SSSR count). The Labute approximate surface area is 341 Å². The molecular weight excluding hydrogens is 751 g/mol. The fourth-order valence-electron chi connectivity index (χ4n) is 10.2. The molecule has 3 saturated heterocycles. The molecule has 1 spiro atoms. The molecule has 0 saturated carbocycles. The fourth-order valence-corrected chi connectivity index (χ4v) is 10.2. The quantitative estimate of drug-likeness (QED) is 0.270. The summed E-state index contributed by atoms with van der Waals surface area (Å²) >= 11 is 0. The third-order valence-corrected chi connectivity index (χ3v) is 13.6. The van der Waals surface area contributed by atoms with E-state index in [2.05, 4.69) is 27.2 Å².